The fourth-order valence-corrected chi connectivity index (χ4v) is 4.11. The van der Waals surface area contributed by atoms with Crippen LogP contribution in [-0.2, 0) is 9.59 Å². The van der Waals surface area contributed by atoms with Gasteiger partial charge in [0.1, 0.15) is 11.7 Å². The van der Waals surface area contributed by atoms with Crippen LogP contribution in [-0.4, -0.2) is 21.4 Å². The molecule has 0 saturated carbocycles. The number of benzene rings is 3. The zero-order valence-electron chi connectivity index (χ0n) is 20.0. The molecule has 7 heteroatoms. The maximum absolute atomic E-state index is 13.9. The summed E-state index contributed by atoms with van der Waals surface area (Å²) in [6, 6.07) is 21.1. The largest absolute Gasteiger partial charge is 0.325 e. The quantitative estimate of drug-likeness (QED) is 0.384. The van der Waals surface area contributed by atoms with Crippen LogP contribution in [0.2, 0.25) is 0 Å². The van der Waals surface area contributed by atoms with E-state index in [-0.39, 0.29) is 17.5 Å². The molecule has 0 spiro atoms. The summed E-state index contributed by atoms with van der Waals surface area (Å²) in [7, 11) is 0. The van der Waals surface area contributed by atoms with Crippen molar-refractivity contribution in [2.24, 2.45) is 0 Å². The number of aryl methyl sites for hydroxylation is 1. The fraction of sp³-hybridized carbons (Fsp3) is 0.214. The van der Waals surface area contributed by atoms with E-state index in [2.05, 4.69) is 15.6 Å². The van der Waals surface area contributed by atoms with E-state index in [4.69, 9.17) is 0 Å². The van der Waals surface area contributed by atoms with Gasteiger partial charge < -0.3 is 10.6 Å². The summed E-state index contributed by atoms with van der Waals surface area (Å²) in [4.78, 5) is 44.1. The predicted molar refractivity (Wildman–Crippen MR) is 139 cm³/mol. The standard InChI is InChI=1S/C28H28N4O3/c1-4-23(27(34)29-19-12-10-11-18(3)17-19)32-24-16-9-8-15-22(24)31-26(28(32)35)20-13-6-7-14-21(20)30-25(33)5-2/h6-17,23H,4-5H2,1-3H3,(H,29,34)(H,30,33). The van der Waals surface area contributed by atoms with E-state index in [1.807, 2.05) is 56.3 Å². The second-order valence-corrected chi connectivity index (χ2v) is 8.35. The van der Waals surface area contributed by atoms with Gasteiger partial charge in [-0.25, -0.2) is 4.98 Å². The molecule has 0 saturated heterocycles. The predicted octanol–water partition coefficient (Wildman–Crippen LogP) is 5.31. The zero-order chi connectivity index (χ0) is 24.9. The molecule has 1 heterocycles. The highest BCUT2D eigenvalue weighted by Gasteiger charge is 2.25. The highest BCUT2D eigenvalue weighted by Crippen LogP contribution is 2.27. The summed E-state index contributed by atoms with van der Waals surface area (Å²) in [6.07, 6.45) is 0.708. The van der Waals surface area contributed by atoms with Crippen molar-refractivity contribution < 1.29 is 9.59 Å². The molecule has 7 nitrogen and oxygen atoms in total. The number of rotatable bonds is 7. The molecule has 178 valence electrons. The van der Waals surface area contributed by atoms with E-state index in [1.165, 1.54) is 4.57 Å². The first-order valence-corrected chi connectivity index (χ1v) is 11.7. The Balaban J connectivity index is 1.87. The van der Waals surface area contributed by atoms with Gasteiger partial charge in [0.2, 0.25) is 11.8 Å². The third kappa shape index (κ3) is 4.99. The lowest BCUT2D eigenvalue weighted by atomic mass is 10.1. The Morgan fingerprint density at radius 3 is 2.43 bits per heavy atom. The van der Waals surface area contributed by atoms with Gasteiger partial charge in [0.15, 0.2) is 0 Å². The number of hydrogen-bond donors (Lipinski definition) is 2. The van der Waals surface area contributed by atoms with Crippen LogP contribution in [0.15, 0.2) is 77.6 Å². The maximum Gasteiger partial charge on any atom is 0.278 e. The molecule has 4 aromatic rings. The van der Waals surface area contributed by atoms with Crippen molar-refractivity contribution in [2.45, 2.75) is 39.7 Å². The van der Waals surface area contributed by atoms with Gasteiger partial charge in [-0.15, -0.1) is 0 Å². The number of amides is 2. The monoisotopic (exact) mass is 468 g/mol. The number of fused-ring (bicyclic) bond motifs is 1. The van der Waals surface area contributed by atoms with Gasteiger partial charge in [0, 0.05) is 17.7 Å². The molecular formula is C28H28N4O3. The Labute approximate surface area is 203 Å². The van der Waals surface area contributed by atoms with E-state index < -0.39 is 11.6 Å². The fourth-order valence-electron chi connectivity index (χ4n) is 4.11. The molecule has 1 unspecified atom stereocenters. The van der Waals surface area contributed by atoms with E-state index >= 15 is 0 Å². The summed E-state index contributed by atoms with van der Waals surface area (Å²) in [5.41, 5.74) is 3.65. The van der Waals surface area contributed by atoms with E-state index in [0.29, 0.717) is 40.8 Å². The van der Waals surface area contributed by atoms with Crippen LogP contribution < -0.4 is 16.2 Å². The average molecular weight is 469 g/mol. The average Bonchev–Trinajstić information content (AvgIpc) is 2.86. The Kier molecular flexibility index (Phi) is 7.06. The molecular weight excluding hydrogens is 440 g/mol. The molecule has 1 aromatic heterocycles. The van der Waals surface area contributed by atoms with Crippen molar-refractivity contribution in [3.8, 4) is 11.3 Å². The minimum Gasteiger partial charge on any atom is -0.325 e. The number of carbonyl (C=O) groups excluding carboxylic acids is 2. The summed E-state index contributed by atoms with van der Waals surface area (Å²) < 4.78 is 1.52. The summed E-state index contributed by atoms with van der Waals surface area (Å²) in [5.74, 6) is -0.447. The Morgan fingerprint density at radius 2 is 1.69 bits per heavy atom. The summed E-state index contributed by atoms with van der Waals surface area (Å²) in [5, 5.41) is 5.80. The number of nitrogens with one attached hydrogen (secondary N) is 2. The molecule has 0 radical (unpaired) electrons. The number of nitrogens with zero attached hydrogens (tertiary/aromatic N) is 2. The second kappa shape index (κ2) is 10.3. The number of para-hydroxylation sites is 3. The lowest BCUT2D eigenvalue weighted by molar-refractivity contribution is -0.119. The van der Waals surface area contributed by atoms with Crippen LogP contribution >= 0.6 is 0 Å². The van der Waals surface area contributed by atoms with Crippen molar-refractivity contribution >= 4 is 34.2 Å². The summed E-state index contributed by atoms with van der Waals surface area (Å²) >= 11 is 0. The van der Waals surface area contributed by atoms with Gasteiger partial charge >= 0.3 is 0 Å². The van der Waals surface area contributed by atoms with Gasteiger partial charge in [-0.2, -0.15) is 0 Å². The Bertz CT molecular complexity index is 1460. The van der Waals surface area contributed by atoms with Crippen molar-refractivity contribution in [3.63, 3.8) is 0 Å². The van der Waals surface area contributed by atoms with Crippen LogP contribution in [0, 0.1) is 6.92 Å². The minimum atomic E-state index is -0.757. The minimum absolute atomic E-state index is 0.164. The molecule has 0 bridgehead atoms. The lowest BCUT2D eigenvalue weighted by Crippen LogP contribution is -2.34. The van der Waals surface area contributed by atoms with E-state index in [9.17, 15) is 14.4 Å². The van der Waals surface area contributed by atoms with Crippen LogP contribution in [0.4, 0.5) is 11.4 Å². The third-order valence-corrected chi connectivity index (χ3v) is 5.86. The molecule has 4 rings (SSSR count). The first-order chi connectivity index (χ1) is 16.9. The first kappa shape index (κ1) is 23.9. The van der Waals surface area contributed by atoms with Gasteiger partial charge in [-0.3, -0.25) is 19.0 Å². The molecule has 0 aliphatic rings. The van der Waals surface area contributed by atoms with E-state index in [1.54, 1.807) is 37.3 Å². The van der Waals surface area contributed by atoms with Gasteiger partial charge in [-0.1, -0.05) is 56.3 Å². The van der Waals surface area contributed by atoms with Gasteiger partial charge in [0.25, 0.3) is 5.56 Å². The normalized spacial score (nSPS) is 11.7. The van der Waals surface area contributed by atoms with Crippen LogP contribution in [0.3, 0.4) is 0 Å². The number of anilines is 2. The molecule has 1 atom stereocenters. The number of aromatic nitrogens is 2. The number of hydrogen-bond acceptors (Lipinski definition) is 4. The highest BCUT2D eigenvalue weighted by atomic mass is 16.2. The van der Waals surface area contributed by atoms with E-state index in [0.717, 1.165) is 5.56 Å². The molecule has 2 N–H and O–H groups in total. The van der Waals surface area contributed by atoms with Crippen molar-refractivity contribution in [2.75, 3.05) is 10.6 Å². The Morgan fingerprint density at radius 1 is 0.943 bits per heavy atom. The topological polar surface area (TPSA) is 93.1 Å². The smallest absolute Gasteiger partial charge is 0.278 e. The van der Waals surface area contributed by atoms with Gasteiger partial charge in [-0.05, 0) is 49.2 Å². The van der Waals surface area contributed by atoms with Crippen LogP contribution in [0.1, 0.15) is 38.3 Å². The van der Waals surface area contributed by atoms with Crippen molar-refractivity contribution in [1.29, 1.82) is 0 Å². The molecule has 0 fully saturated rings. The molecule has 35 heavy (non-hydrogen) atoms. The van der Waals surface area contributed by atoms with Crippen LogP contribution in [0.25, 0.3) is 22.3 Å². The van der Waals surface area contributed by atoms with Crippen molar-refractivity contribution in [1.82, 2.24) is 9.55 Å². The maximum atomic E-state index is 13.9. The summed E-state index contributed by atoms with van der Waals surface area (Å²) in [6.45, 7) is 5.59. The third-order valence-electron chi connectivity index (χ3n) is 5.86. The van der Waals surface area contributed by atoms with Crippen molar-refractivity contribution in [3.05, 3.63) is 88.7 Å². The lowest BCUT2D eigenvalue weighted by Gasteiger charge is -2.21. The van der Waals surface area contributed by atoms with Gasteiger partial charge in [0.05, 0.1) is 16.7 Å². The molecule has 2 amide bonds. The van der Waals surface area contributed by atoms with Crippen LogP contribution in [0.5, 0.6) is 0 Å². The molecule has 0 aliphatic carbocycles. The number of carbonyl (C=O) groups is 2. The molecule has 0 aliphatic heterocycles. The molecule has 3 aromatic carbocycles. The highest BCUT2D eigenvalue weighted by molar-refractivity contribution is 5.96. The SMILES string of the molecule is CCC(=O)Nc1ccccc1-c1nc2ccccc2n(C(CC)C(=O)Nc2cccc(C)c2)c1=O. The Hall–Kier alpha value is -4.26. The second-order valence-electron chi connectivity index (χ2n) is 8.35. The first-order valence-electron chi connectivity index (χ1n) is 11.7. The zero-order valence-corrected chi connectivity index (χ0v) is 20.0.